The molecule has 5 heteroatoms. The third-order valence-corrected chi connectivity index (χ3v) is 8.34. The molecule has 0 N–H and O–H groups in total. The molecule has 0 aliphatic heterocycles. The molecule has 3 nitrogen and oxygen atoms in total. The summed E-state index contributed by atoms with van der Waals surface area (Å²) in [6, 6.07) is 7.64. The highest BCUT2D eigenvalue weighted by atomic mass is 35.5. The molecule has 1 heterocycles. The Hall–Kier alpha value is -1.39. The van der Waals surface area contributed by atoms with Crippen molar-refractivity contribution in [3.63, 3.8) is 0 Å². The van der Waals surface area contributed by atoms with Gasteiger partial charge in [-0.3, -0.25) is 4.79 Å². The fourth-order valence-electron chi connectivity index (χ4n) is 5.95. The molecule has 26 heavy (non-hydrogen) atoms. The van der Waals surface area contributed by atoms with Crippen LogP contribution in [0.25, 0.3) is 10.1 Å². The number of hydrogen-bond acceptors (Lipinski definition) is 4. The van der Waals surface area contributed by atoms with Crippen molar-refractivity contribution in [1.29, 1.82) is 0 Å². The molecule has 0 unspecified atom stereocenters. The van der Waals surface area contributed by atoms with Gasteiger partial charge in [0.15, 0.2) is 12.4 Å². The number of fused-ring (bicyclic) bond motifs is 1. The van der Waals surface area contributed by atoms with Gasteiger partial charge in [-0.1, -0.05) is 29.8 Å². The number of halogens is 1. The maximum Gasteiger partial charge on any atom is 0.350 e. The van der Waals surface area contributed by atoms with E-state index in [1.165, 1.54) is 30.6 Å². The first-order chi connectivity index (χ1) is 12.5. The monoisotopic (exact) mass is 388 g/mol. The molecule has 1 aromatic heterocycles. The van der Waals surface area contributed by atoms with Crippen LogP contribution in [0.15, 0.2) is 24.3 Å². The first-order valence-electron chi connectivity index (χ1n) is 9.41. The summed E-state index contributed by atoms with van der Waals surface area (Å²) in [5.74, 6) is 1.77. The van der Waals surface area contributed by atoms with Crippen LogP contribution in [0.1, 0.15) is 48.2 Å². The molecule has 4 fully saturated rings. The Labute approximate surface area is 161 Å². The number of ether oxygens (including phenoxy) is 1. The third kappa shape index (κ3) is 2.61. The normalized spacial score (nSPS) is 32.1. The maximum absolute atomic E-state index is 13.0. The molecule has 0 amide bonds. The van der Waals surface area contributed by atoms with Gasteiger partial charge in [0.05, 0.1) is 5.02 Å². The average molecular weight is 389 g/mol. The second-order valence-electron chi connectivity index (χ2n) is 8.44. The van der Waals surface area contributed by atoms with E-state index in [2.05, 4.69) is 0 Å². The third-order valence-electron chi connectivity index (χ3n) is 6.68. The molecule has 4 bridgehead atoms. The van der Waals surface area contributed by atoms with Crippen LogP contribution < -0.4 is 0 Å². The van der Waals surface area contributed by atoms with E-state index in [9.17, 15) is 9.59 Å². The molecule has 4 aliphatic rings. The van der Waals surface area contributed by atoms with Gasteiger partial charge in [-0.05, 0) is 62.3 Å². The highest BCUT2D eigenvalue weighted by molar-refractivity contribution is 7.21. The first kappa shape index (κ1) is 16.8. The van der Waals surface area contributed by atoms with Crippen LogP contribution in [-0.2, 0) is 9.53 Å². The Balaban J connectivity index is 1.30. The number of hydrogen-bond donors (Lipinski definition) is 0. The molecule has 1 aromatic carbocycles. The van der Waals surface area contributed by atoms with Crippen LogP contribution in [0.3, 0.4) is 0 Å². The van der Waals surface area contributed by atoms with E-state index in [1.54, 1.807) is 0 Å². The van der Waals surface area contributed by atoms with Gasteiger partial charge in [-0.2, -0.15) is 0 Å². The van der Waals surface area contributed by atoms with Crippen LogP contribution in [-0.4, -0.2) is 18.4 Å². The molecule has 4 saturated carbocycles. The Kier molecular flexibility index (Phi) is 3.91. The smallest absolute Gasteiger partial charge is 0.350 e. The zero-order valence-corrected chi connectivity index (χ0v) is 16.1. The second-order valence-corrected chi connectivity index (χ2v) is 9.87. The van der Waals surface area contributed by atoms with Gasteiger partial charge in [-0.15, -0.1) is 11.3 Å². The summed E-state index contributed by atoms with van der Waals surface area (Å²) in [5.41, 5.74) is -0.223. The fraction of sp³-hybridized carbons (Fsp3) is 0.524. The van der Waals surface area contributed by atoms with Gasteiger partial charge >= 0.3 is 5.97 Å². The number of ketones is 1. The van der Waals surface area contributed by atoms with Gasteiger partial charge in [-0.25, -0.2) is 4.79 Å². The lowest BCUT2D eigenvalue weighted by Crippen LogP contribution is -2.51. The minimum Gasteiger partial charge on any atom is -0.453 e. The van der Waals surface area contributed by atoms with Gasteiger partial charge in [0.1, 0.15) is 4.88 Å². The summed E-state index contributed by atoms with van der Waals surface area (Å²) in [4.78, 5) is 25.9. The Morgan fingerprint density at radius 2 is 1.69 bits per heavy atom. The number of Topliss-reactive ketones (excluding diaryl/α,β-unsaturated/α-hetero) is 1. The number of benzene rings is 1. The summed E-state index contributed by atoms with van der Waals surface area (Å²) in [7, 11) is 0. The van der Waals surface area contributed by atoms with Crippen LogP contribution in [0.5, 0.6) is 0 Å². The lowest BCUT2D eigenvalue weighted by Gasteiger charge is -2.55. The van der Waals surface area contributed by atoms with E-state index in [-0.39, 0.29) is 17.8 Å². The topological polar surface area (TPSA) is 43.4 Å². The molecular weight excluding hydrogens is 368 g/mol. The van der Waals surface area contributed by atoms with Gasteiger partial charge in [0.25, 0.3) is 0 Å². The van der Waals surface area contributed by atoms with Crippen LogP contribution in [0.4, 0.5) is 0 Å². The predicted octanol–water partition coefficient (Wildman–Crippen LogP) is 5.50. The molecular formula is C21H21ClO3S. The van der Waals surface area contributed by atoms with Crippen molar-refractivity contribution in [2.75, 3.05) is 6.61 Å². The Morgan fingerprint density at radius 3 is 2.31 bits per heavy atom. The van der Waals surface area contributed by atoms with Crippen molar-refractivity contribution < 1.29 is 14.3 Å². The predicted molar refractivity (Wildman–Crippen MR) is 103 cm³/mol. The van der Waals surface area contributed by atoms with Crippen molar-refractivity contribution in [3.8, 4) is 0 Å². The summed E-state index contributed by atoms with van der Waals surface area (Å²) >= 11 is 7.67. The van der Waals surface area contributed by atoms with E-state index < -0.39 is 5.97 Å². The standard InChI is InChI=1S/C21H21ClO3S/c22-18-15-3-1-2-4-16(15)26-19(18)20(24)25-11-17(23)21-8-12-5-13(9-21)7-14(6-12)10-21/h1-4,12-14H,5-11H2. The van der Waals surface area contributed by atoms with Crippen molar-refractivity contribution in [1.82, 2.24) is 0 Å². The van der Waals surface area contributed by atoms with Crippen LogP contribution in [0.2, 0.25) is 5.02 Å². The Bertz CT molecular complexity index is 865. The van der Waals surface area contributed by atoms with Crippen molar-refractivity contribution in [2.24, 2.45) is 23.2 Å². The largest absolute Gasteiger partial charge is 0.453 e. The zero-order chi connectivity index (χ0) is 17.9. The second kappa shape index (κ2) is 6.07. The fourth-order valence-corrected chi connectivity index (χ4v) is 7.35. The van der Waals surface area contributed by atoms with E-state index in [0.29, 0.717) is 27.7 Å². The van der Waals surface area contributed by atoms with E-state index >= 15 is 0 Å². The quantitative estimate of drug-likeness (QED) is 0.650. The molecule has 4 aliphatic carbocycles. The van der Waals surface area contributed by atoms with Gasteiger partial charge in [0.2, 0.25) is 0 Å². The van der Waals surface area contributed by atoms with Crippen LogP contribution in [0, 0.1) is 23.2 Å². The number of carbonyl (C=O) groups excluding carboxylic acids is 2. The highest BCUT2D eigenvalue weighted by Crippen LogP contribution is 2.60. The van der Waals surface area contributed by atoms with Crippen molar-refractivity contribution in [2.45, 2.75) is 38.5 Å². The summed E-state index contributed by atoms with van der Waals surface area (Å²) in [6.45, 7) is -0.116. The molecule has 0 radical (unpaired) electrons. The number of carbonyl (C=O) groups is 2. The number of rotatable bonds is 4. The molecule has 136 valence electrons. The number of thiophene rings is 1. The lowest BCUT2D eigenvalue weighted by molar-refractivity contribution is -0.147. The minimum atomic E-state index is -0.478. The minimum absolute atomic E-state index is 0.116. The molecule has 2 aromatic rings. The van der Waals surface area contributed by atoms with E-state index in [0.717, 1.165) is 29.3 Å². The summed E-state index contributed by atoms with van der Waals surface area (Å²) < 4.78 is 6.38. The summed E-state index contributed by atoms with van der Waals surface area (Å²) in [6.07, 6.45) is 6.88. The lowest BCUT2D eigenvalue weighted by atomic mass is 9.48. The van der Waals surface area contributed by atoms with Crippen molar-refractivity contribution >= 4 is 44.8 Å². The van der Waals surface area contributed by atoms with Gasteiger partial charge < -0.3 is 4.74 Å². The van der Waals surface area contributed by atoms with Crippen LogP contribution >= 0.6 is 22.9 Å². The SMILES string of the molecule is O=C(OCC(=O)C12CC3CC(CC(C3)C1)C2)c1sc2ccccc2c1Cl. The molecule has 6 rings (SSSR count). The Morgan fingerprint density at radius 1 is 1.08 bits per heavy atom. The van der Waals surface area contributed by atoms with Crippen molar-refractivity contribution in [3.05, 3.63) is 34.2 Å². The zero-order valence-electron chi connectivity index (χ0n) is 14.5. The number of esters is 1. The maximum atomic E-state index is 13.0. The summed E-state index contributed by atoms with van der Waals surface area (Å²) in [5, 5.41) is 1.29. The highest BCUT2D eigenvalue weighted by Gasteiger charge is 2.54. The molecule has 0 saturated heterocycles. The van der Waals surface area contributed by atoms with E-state index in [4.69, 9.17) is 16.3 Å². The average Bonchev–Trinajstić information content (AvgIpc) is 2.95. The first-order valence-corrected chi connectivity index (χ1v) is 10.6. The molecule has 0 spiro atoms. The van der Waals surface area contributed by atoms with E-state index in [1.807, 2.05) is 24.3 Å². The van der Waals surface area contributed by atoms with Gasteiger partial charge in [0, 0.05) is 15.5 Å². The molecule has 0 atom stereocenters.